The molecule has 0 amide bonds. The van der Waals surface area contributed by atoms with E-state index in [1.165, 1.54) is 25.5 Å². The Morgan fingerprint density at radius 2 is 2.00 bits per heavy atom. The van der Waals surface area contributed by atoms with Gasteiger partial charge in [0.25, 0.3) is 0 Å². The first-order valence-electron chi connectivity index (χ1n) is 7.75. The van der Waals surface area contributed by atoms with Gasteiger partial charge in [0.15, 0.2) is 0 Å². The molecule has 3 heteroatoms. The van der Waals surface area contributed by atoms with E-state index in [1.807, 2.05) is 0 Å². The maximum absolute atomic E-state index is 11.6. The van der Waals surface area contributed by atoms with Crippen LogP contribution in [0.1, 0.15) is 52.4 Å². The number of rotatable bonds is 4. The zero-order valence-corrected chi connectivity index (χ0v) is 12.8. The van der Waals surface area contributed by atoms with Crippen LogP contribution in [0.25, 0.3) is 0 Å². The zero-order valence-electron chi connectivity index (χ0n) is 12.8. The van der Waals surface area contributed by atoms with Gasteiger partial charge in [-0.25, -0.2) is 0 Å². The summed E-state index contributed by atoms with van der Waals surface area (Å²) in [7, 11) is 1.81. The highest BCUT2D eigenvalue weighted by Gasteiger charge is 2.38. The van der Waals surface area contributed by atoms with Gasteiger partial charge in [0, 0.05) is 25.6 Å². The molecular weight excluding hydrogens is 238 g/mol. The summed E-state index contributed by atoms with van der Waals surface area (Å²) in [6.45, 7) is 7.51. The first-order chi connectivity index (χ1) is 9.01. The van der Waals surface area contributed by atoms with Crippen LogP contribution in [0.15, 0.2) is 0 Å². The van der Waals surface area contributed by atoms with Crippen LogP contribution in [-0.4, -0.2) is 43.5 Å². The van der Waals surface area contributed by atoms with Crippen LogP contribution in [0.3, 0.4) is 0 Å². The average Bonchev–Trinajstić information content (AvgIpc) is 2.42. The minimum Gasteiger partial charge on any atom is -0.377 e. The van der Waals surface area contributed by atoms with Gasteiger partial charge in [0.2, 0.25) is 0 Å². The van der Waals surface area contributed by atoms with Gasteiger partial charge in [-0.3, -0.25) is 4.90 Å². The quantitative estimate of drug-likeness (QED) is 0.734. The highest BCUT2D eigenvalue weighted by Crippen LogP contribution is 2.39. The van der Waals surface area contributed by atoms with Crippen LogP contribution in [0.5, 0.6) is 0 Å². The van der Waals surface area contributed by atoms with E-state index in [9.17, 15) is 4.79 Å². The third-order valence-electron chi connectivity index (χ3n) is 5.29. The Morgan fingerprint density at radius 1 is 1.32 bits per heavy atom. The lowest BCUT2D eigenvalue weighted by Crippen LogP contribution is -2.51. The maximum atomic E-state index is 11.6. The van der Waals surface area contributed by atoms with Crippen molar-refractivity contribution in [2.45, 2.75) is 58.0 Å². The summed E-state index contributed by atoms with van der Waals surface area (Å²) in [4.78, 5) is 14.1. The van der Waals surface area contributed by atoms with Gasteiger partial charge in [-0.05, 0) is 57.9 Å². The Bertz CT molecular complexity index is 310. The summed E-state index contributed by atoms with van der Waals surface area (Å²) in [6.07, 6.45) is 8.09. The molecule has 0 aromatic heterocycles. The lowest BCUT2D eigenvalue weighted by molar-refractivity contribution is -0.121. The summed E-state index contributed by atoms with van der Waals surface area (Å²) < 4.78 is 5.65. The molecular formula is C16H29NO2. The Morgan fingerprint density at radius 3 is 2.58 bits per heavy atom. The molecule has 0 bridgehead atoms. The van der Waals surface area contributed by atoms with Crippen molar-refractivity contribution in [1.29, 1.82) is 0 Å². The van der Waals surface area contributed by atoms with Crippen LogP contribution in [0.4, 0.5) is 0 Å². The highest BCUT2D eigenvalue weighted by atomic mass is 16.5. The lowest BCUT2D eigenvalue weighted by atomic mass is 9.71. The molecule has 2 rings (SSSR count). The minimum atomic E-state index is -0.0848. The first kappa shape index (κ1) is 15.0. The smallest absolute Gasteiger partial charge is 0.127 e. The molecule has 2 fully saturated rings. The van der Waals surface area contributed by atoms with E-state index in [-0.39, 0.29) is 11.0 Å². The van der Waals surface area contributed by atoms with E-state index in [4.69, 9.17) is 4.74 Å². The second-order valence-corrected chi connectivity index (χ2v) is 7.13. The molecule has 0 N–H and O–H groups in total. The summed E-state index contributed by atoms with van der Waals surface area (Å²) in [5.41, 5.74) is -0.108. The van der Waals surface area contributed by atoms with Gasteiger partial charge in [0.1, 0.15) is 6.29 Å². The fraction of sp³-hybridized carbons (Fsp3) is 0.938. The molecule has 1 aliphatic carbocycles. The molecule has 1 saturated heterocycles. The zero-order chi connectivity index (χ0) is 13.9. The number of piperidine rings is 1. The second-order valence-electron chi connectivity index (χ2n) is 7.13. The summed E-state index contributed by atoms with van der Waals surface area (Å²) in [5.74, 6) is 0.790. The van der Waals surface area contributed by atoms with Crippen LogP contribution in [-0.2, 0) is 9.53 Å². The molecule has 2 aliphatic rings. The fourth-order valence-electron chi connectivity index (χ4n) is 3.70. The molecule has 19 heavy (non-hydrogen) atoms. The van der Waals surface area contributed by atoms with Crippen molar-refractivity contribution in [1.82, 2.24) is 4.90 Å². The van der Waals surface area contributed by atoms with Gasteiger partial charge in [-0.2, -0.15) is 0 Å². The van der Waals surface area contributed by atoms with Crippen LogP contribution in [0.2, 0.25) is 0 Å². The number of hydrogen-bond donors (Lipinski definition) is 0. The lowest BCUT2D eigenvalue weighted by Gasteiger charge is -2.44. The topological polar surface area (TPSA) is 29.5 Å². The molecule has 1 atom stereocenters. The standard InChI is InChI=1S/C16H29NO2/c1-14-5-8-16(13-18,9-6-14)12-17-10-4-7-15(2,11-17)19-3/h13-14H,4-12H2,1-3H3. The van der Waals surface area contributed by atoms with E-state index >= 15 is 0 Å². The van der Waals surface area contributed by atoms with Crippen molar-refractivity contribution in [3.63, 3.8) is 0 Å². The number of hydrogen-bond acceptors (Lipinski definition) is 3. The van der Waals surface area contributed by atoms with Crippen molar-refractivity contribution in [2.75, 3.05) is 26.7 Å². The summed E-state index contributed by atoms with van der Waals surface area (Å²) >= 11 is 0. The number of methoxy groups -OCH3 is 1. The van der Waals surface area contributed by atoms with Gasteiger partial charge in [-0.15, -0.1) is 0 Å². The second kappa shape index (κ2) is 5.92. The van der Waals surface area contributed by atoms with Crippen LogP contribution in [0, 0.1) is 11.3 Å². The monoisotopic (exact) mass is 267 g/mol. The molecule has 1 unspecified atom stereocenters. The predicted molar refractivity (Wildman–Crippen MR) is 77.2 cm³/mol. The van der Waals surface area contributed by atoms with E-state index in [2.05, 4.69) is 18.7 Å². The highest BCUT2D eigenvalue weighted by molar-refractivity contribution is 5.60. The number of carbonyl (C=O) groups excluding carboxylic acids is 1. The van der Waals surface area contributed by atoms with Crippen molar-refractivity contribution in [3.8, 4) is 0 Å². The molecule has 1 aliphatic heterocycles. The summed E-state index contributed by atoms with van der Waals surface area (Å²) in [6, 6.07) is 0. The summed E-state index contributed by atoms with van der Waals surface area (Å²) in [5, 5.41) is 0. The number of likely N-dealkylation sites (tertiary alicyclic amines) is 1. The molecule has 0 aromatic rings. The largest absolute Gasteiger partial charge is 0.377 e. The number of carbonyl (C=O) groups is 1. The van der Waals surface area contributed by atoms with Gasteiger partial charge in [-0.1, -0.05) is 6.92 Å². The molecule has 110 valence electrons. The number of aldehydes is 1. The molecule has 0 aromatic carbocycles. The number of nitrogens with zero attached hydrogens (tertiary/aromatic N) is 1. The average molecular weight is 267 g/mol. The maximum Gasteiger partial charge on any atom is 0.127 e. The Hall–Kier alpha value is -0.410. The molecule has 0 radical (unpaired) electrons. The van der Waals surface area contributed by atoms with Gasteiger partial charge >= 0.3 is 0 Å². The Kier molecular flexibility index (Phi) is 4.67. The normalized spacial score (nSPS) is 41.1. The van der Waals surface area contributed by atoms with E-state index in [1.54, 1.807) is 7.11 Å². The van der Waals surface area contributed by atoms with Crippen LogP contribution >= 0.6 is 0 Å². The SMILES string of the molecule is COC1(C)CCCN(CC2(C=O)CCC(C)CC2)C1. The van der Waals surface area contributed by atoms with Crippen molar-refractivity contribution in [2.24, 2.45) is 11.3 Å². The van der Waals surface area contributed by atoms with Gasteiger partial charge < -0.3 is 9.53 Å². The molecule has 1 saturated carbocycles. The van der Waals surface area contributed by atoms with E-state index in [0.717, 1.165) is 44.8 Å². The van der Waals surface area contributed by atoms with Crippen LogP contribution < -0.4 is 0 Å². The third kappa shape index (κ3) is 3.57. The van der Waals surface area contributed by atoms with E-state index in [0.29, 0.717) is 0 Å². The number of ether oxygens (including phenoxy) is 1. The van der Waals surface area contributed by atoms with E-state index < -0.39 is 0 Å². The molecule has 0 spiro atoms. The third-order valence-corrected chi connectivity index (χ3v) is 5.29. The minimum absolute atomic E-state index is 0.0235. The molecule has 1 heterocycles. The fourth-order valence-corrected chi connectivity index (χ4v) is 3.70. The Balaban J connectivity index is 1.96. The first-order valence-corrected chi connectivity index (χ1v) is 7.75. The van der Waals surface area contributed by atoms with Crippen molar-refractivity contribution >= 4 is 6.29 Å². The van der Waals surface area contributed by atoms with Crippen molar-refractivity contribution < 1.29 is 9.53 Å². The molecule has 3 nitrogen and oxygen atoms in total. The van der Waals surface area contributed by atoms with Gasteiger partial charge in [0.05, 0.1) is 5.60 Å². The Labute approximate surface area is 117 Å². The van der Waals surface area contributed by atoms with Crippen molar-refractivity contribution in [3.05, 3.63) is 0 Å². The predicted octanol–water partition coefficient (Wildman–Crippen LogP) is 2.88.